The fourth-order valence-electron chi connectivity index (χ4n) is 2.18. The van der Waals surface area contributed by atoms with Crippen LogP contribution in [0, 0.1) is 0 Å². The first-order valence-electron chi connectivity index (χ1n) is 6.25. The smallest absolute Gasteiger partial charge is 0.419 e. The van der Waals surface area contributed by atoms with Crippen molar-refractivity contribution in [2.75, 3.05) is 13.1 Å². The highest BCUT2D eigenvalue weighted by Crippen LogP contribution is 2.36. The molecule has 0 radical (unpaired) electrons. The number of nitrogens with zero attached hydrogens (tertiary/aromatic N) is 1. The fraction of sp³-hybridized carbons (Fsp3) is 0.462. The molecule has 20 heavy (non-hydrogen) atoms. The van der Waals surface area contributed by atoms with E-state index in [-0.39, 0.29) is 11.9 Å². The van der Waals surface area contributed by atoms with Crippen molar-refractivity contribution in [2.24, 2.45) is 5.73 Å². The molecule has 0 bridgehead atoms. The van der Waals surface area contributed by atoms with Crippen LogP contribution in [-0.4, -0.2) is 30.1 Å². The van der Waals surface area contributed by atoms with E-state index in [2.05, 4.69) is 0 Å². The molecule has 0 unspecified atom stereocenters. The number of urea groups is 1. The molecule has 0 spiro atoms. The Labute approximate surface area is 114 Å². The highest BCUT2D eigenvalue weighted by atomic mass is 19.4. The minimum atomic E-state index is -4.44. The van der Waals surface area contributed by atoms with Crippen LogP contribution >= 0.6 is 0 Å². The monoisotopic (exact) mass is 288 g/mol. The summed E-state index contributed by atoms with van der Waals surface area (Å²) in [5.74, 6) is -0.169. The van der Waals surface area contributed by atoms with Gasteiger partial charge < -0.3 is 15.4 Å². The van der Waals surface area contributed by atoms with Crippen molar-refractivity contribution in [1.82, 2.24) is 4.90 Å². The van der Waals surface area contributed by atoms with E-state index >= 15 is 0 Å². The quantitative estimate of drug-likeness (QED) is 0.909. The van der Waals surface area contributed by atoms with Gasteiger partial charge in [-0.15, -0.1) is 0 Å². The number of benzene rings is 1. The summed E-state index contributed by atoms with van der Waals surface area (Å²) in [6.45, 7) is 0.794. The SMILES string of the molecule is NC(=O)N1CCC(Oc2ccccc2C(F)(F)F)CC1. The second kappa shape index (κ2) is 5.60. The number of amides is 2. The zero-order valence-electron chi connectivity index (χ0n) is 10.7. The van der Waals surface area contributed by atoms with E-state index in [0.29, 0.717) is 25.9 Å². The van der Waals surface area contributed by atoms with E-state index in [1.807, 2.05) is 0 Å². The Morgan fingerprint density at radius 3 is 2.40 bits per heavy atom. The van der Waals surface area contributed by atoms with Gasteiger partial charge in [-0.05, 0) is 12.1 Å². The predicted molar refractivity (Wildman–Crippen MR) is 66.3 cm³/mol. The molecule has 1 aliphatic rings. The summed E-state index contributed by atoms with van der Waals surface area (Å²) in [5.41, 5.74) is 4.36. The van der Waals surface area contributed by atoms with Crippen molar-refractivity contribution < 1.29 is 22.7 Å². The van der Waals surface area contributed by atoms with Crippen LogP contribution in [0.15, 0.2) is 24.3 Å². The van der Waals surface area contributed by atoms with Gasteiger partial charge in [0, 0.05) is 25.9 Å². The number of nitrogens with two attached hydrogens (primary N) is 1. The molecule has 1 heterocycles. The minimum absolute atomic E-state index is 0.169. The number of hydrogen-bond acceptors (Lipinski definition) is 2. The van der Waals surface area contributed by atoms with E-state index in [9.17, 15) is 18.0 Å². The van der Waals surface area contributed by atoms with Gasteiger partial charge in [-0.1, -0.05) is 12.1 Å². The van der Waals surface area contributed by atoms with Crippen LogP contribution in [0.2, 0.25) is 0 Å². The Bertz CT molecular complexity index is 483. The van der Waals surface area contributed by atoms with Gasteiger partial charge in [0.05, 0.1) is 5.56 Å². The molecular formula is C13H15F3N2O2. The van der Waals surface area contributed by atoms with Gasteiger partial charge in [0.25, 0.3) is 0 Å². The molecule has 4 nitrogen and oxygen atoms in total. The number of para-hydroxylation sites is 1. The number of ether oxygens (including phenoxy) is 1. The number of hydrogen-bond donors (Lipinski definition) is 1. The van der Waals surface area contributed by atoms with E-state index in [1.54, 1.807) is 0 Å². The number of carbonyl (C=O) groups excluding carboxylic acids is 1. The molecule has 0 atom stereocenters. The molecule has 2 N–H and O–H groups in total. The van der Waals surface area contributed by atoms with Crippen molar-refractivity contribution in [3.63, 3.8) is 0 Å². The second-order valence-corrected chi connectivity index (χ2v) is 4.64. The third kappa shape index (κ3) is 3.34. The molecule has 2 rings (SSSR count). The van der Waals surface area contributed by atoms with Gasteiger partial charge in [0.2, 0.25) is 0 Å². The van der Waals surface area contributed by atoms with E-state index < -0.39 is 17.8 Å². The number of halogens is 3. The summed E-state index contributed by atoms with van der Waals surface area (Å²) in [6, 6.07) is 4.62. The highest BCUT2D eigenvalue weighted by Gasteiger charge is 2.35. The maximum absolute atomic E-state index is 12.8. The number of piperidine rings is 1. The predicted octanol–water partition coefficient (Wildman–Crippen LogP) is 2.63. The molecule has 1 saturated heterocycles. The Morgan fingerprint density at radius 2 is 1.85 bits per heavy atom. The number of primary amides is 1. The second-order valence-electron chi connectivity index (χ2n) is 4.64. The van der Waals surface area contributed by atoms with E-state index in [1.165, 1.54) is 23.1 Å². The molecule has 110 valence electrons. The van der Waals surface area contributed by atoms with Gasteiger partial charge >= 0.3 is 12.2 Å². The van der Waals surface area contributed by atoms with Gasteiger partial charge in [-0.2, -0.15) is 13.2 Å². The molecule has 7 heteroatoms. The van der Waals surface area contributed by atoms with Crippen molar-refractivity contribution in [1.29, 1.82) is 0 Å². The summed E-state index contributed by atoms with van der Waals surface area (Å²) in [6.07, 6.45) is -3.84. The van der Waals surface area contributed by atoms with Gasteiger partial charge in [0.1, 0.15) is 11.9 Å². The van der Waals surface area contributed by atoms with E-state index in [4.69, 9.17) is 10.5 Å². The maximum Gasteiger partial charge on any atom is 0.419 e. The topological polar surface area (TPSA) is 55.6 Å². The molecule has 2 amide bonds. The van der Waals surface area contributed by atoms with Gasteiger partial charge in [-0.25, -0.2) is 4.79 Å². The molecule has 1 aromatic carbocycles. The number of alkyl halides is 3. The van der Waals surface area contributed by atoms with Crippen LogP contribution in [0.5, 0.6) is 5.75 Å². The summed E-state index contributed by atoms with van der Waals surface area (Å²) in [4.78, 5) is 12.4. The Balaban J connectivity index is 2.03. The lowest BCUT2D eigenvalue weighted by molar-refractivity contribution is -0.139. The standard InChI is InChI=1S/C13H15F3N2O2/c14-13(15,16)10-3-1-2-4-11(10)20-9-5-7-18(8-6-9)12(17)19/h1-4,9H,5-8H2,(H2,17,19). The summed E-state index contributed by atoms with van der Waals surface area (Å²) in [5, 5.41) is 0. The van der Waals surface area contributed by atoms with Crippen LogP contribution in [0.3, 0.4) is 0 Å². The number of likely N-dealkylation sites (tertiary alicyclic amines) is 1. The van der Waals surface area contributed by atoms with Crippen LogP contribution < -0.4 is 10.5 Å². The molecule has 0 aliphatic carbocycles. The lowest BCUT2D eigenvalue weighted by Crippen LogP contribution is -2.44. The summed E-state index contributed by atoms with van der Waals surface area (Å²) < 4.78 is 43.9. The van der Waals surface area contributed by atoms with Crippen LogP contribution in [-0.2, 0) is 6.18 Å². The summed E-state index contributed by atoms with van der Waals surface area (Å²) in [7, 11) is 0. The van der Waals surface area contributed by atoms with Crippen molar-refractivity contribution in [2.45, 2.75) is 25.1 Å². The molecule has 1 aliphatic heterocycles. The van der Waals surface area contributed by atoms with Gasteiger partial charge in [0.15, 0.2) is 0 Å². The fourth-order valence-corrected chi connectivity index (χ4v) is 2.18. The molecular weight excluding hydrogens is 273 g/mol. The van der Waals surface area contributed by atoms with Crippen molar-refractivity contribution in [3.8, 4) is 5.75 Å². The average Bonchev–Trinajstić information content (AvgIpc) is 2.38. The van der Waals surface area contributed by atoms with E-state index in [0.717, 1.165) is 6.07 Å². The molecule has 0 aromatic heterocycles. The van der Waals surface area contributed by atoms with Crippen LogP contribution in [0.25, 0.3) is 0 Å². The van der Waals surface area contributed by atoms with Crippen LogP contribution in [0.1, 0.15) is 18.4 Å². The Morgan fingerprint density at radius 1 is 1.25 bits per heavy atom. The maximum atomic E-state index is 12.8. The molecule has 1 aromatic rings. The van der Waals surface area contributed by atoms with Gasteiger partial charge in [-0.3, -0.25) is 0 Å². The molecule has 0 saturated carbocycles. The largest absolute Gasteiger partial charge is 0.490 e. The Kier molecular flexibility index (Phi) is 4.06. The third-order valence-electron chi connectivity index (χ3n) is 3.24. The van der Waals surface area contributed by atoms with Crippen molar-refractivity contribution in [3.05, 3.63) is 29.8 Å². The highest BCUT2D eigenvalue weighted by molar-refractivity contribution is 5.72. The zero-order chi connectivity index (χ0) is 14.8. The van der Waals surface area contributed by atoms with Crippen molar-refractivity contribution >= 4 is 6.03 Å². The lowest BCUT2D eigenvalue weighted by atomic mass is 10.1. The number of carbonyl (C=O) groups is 1. The Hall–Kier alpha value is -1.92. The first-order chi connectivity index (χ1) is 9.38. The first-order valence-corrected chi connectivity index (χ1v) is 6.25. The minimum Gasteiger partial charge on any atom is -0.490 e. The normalized spacial score (nSPS) is 17.1. The van der Waals surface area contributed by atoms with Crippen LogP contribution in [0.4, 0.5) is 18.0 Å². The lowest BCUT2D eigenvalue weighted by Gasteiger charge is -2.31. The number of rotatable bonds is 2. The summed E-state index contributed by atoms with van der Waals surface area (Å²) >= 11 is 0. The average molecular weight is 288 g/mol. The first kappa shape index (κ1) is 14.5. The molecule has 1 fully saturated rings. The third-order valence-corrected chi connectivity index (χ3v) is 3.24. The zero-order valence-corrected chi connectivity index (χ0v) is 10.7.